The first-order valence-electron chi connectivity index (χ1n) is 5.21. The molecule has 0 saturated carbocycles. The zero-order valence-electron chi connectivity index (χ0n) is 10.4. The fraction of sp³-hybridized carbons (Fsp3) is 1.00. The molecule has 0 aliphatic rings. The molecule has 0 aliphatic heterocycles. The molecule has 0 radical (unpaired) electrons. The quantitative estimate of drug-likeness (QED) is 0.684. The summed E-state index contributed by atoms with van der Waals surface area (Å²) in [7, 11) is 3.48. The molecule has 0 rings (SSSR count). The minimum absolute atomic E-state index is 0.0563. The van der Waals surface area contributed by atoms with Crippen molar-refractivity contribution in [3.63, 3.8) is 0 Å². The predicted octanol–water partition coefficient (Wildman–Crippen LogP) is 1.81. The van der Waals surface area contributed by atoms with Crippen molar-refractivity contribution in [3.8, 4) is 0 Å². The third-order valence-electron chi connectivity index (χ3n) is 2.34. The van der Waals surface area contributed by atoms with E-state index in [-0.39, 0.29) is 5.60 Å². The van der Waals surface area contributed by atoms with Gasteiger partial charge in [0.1, 0.15) is 0 Å². The second-order valence-corrected chi connectivity index (χ2v) is 4.59. The van der Waals surface area contributed by atoms with Crippen molar-refractivity contribution in [1.82, 2.24) is 5.32 Å². The van der Waals surface area contributed by atoms with Crippen molar-refractivity contribution in [2.24, 2.45) is 0 Å². The van der Waals surface area contributed by atoms with Gasteiger partial charge in [0, 0.05) is 26.3 Å². The van der Waals surface area contributed by atoms with Crippen molar-refractivity contribution in [2.75, 3.05) is 20.8 Å². The Bertz CT molecular complexity index is 148. The maximum Gasteiger partial charge on any atom is 0.0637 e. The molecule has 0 bridgehead atoms. The zero-order valence-corrected chi connectivity index (χ0v) is 10.4. The van der Waals surface area contributed by atoms with E-state index in [9.17, 15) is 0 Å². The maximum absolute atomic E-state index is 5.38. The van der Waals surface area contributed by atoms with Gasteiger partial charge in [0.25, 0.3) is 0 Å². The second kappa shape index (κ2) is 6.38. The Labute approximate surface area is 88.2 Å². The minimum atomic E-state index is -0.0563. The van der Waals surface area contributed by atoms with Gasteiger partial charge in [-0.15, -0.1) is 0 Å². The van der Waals surface area contributed by atoms with Crippen LogP contribution in [0.15, 0.2) is 0 Å². The van der Waals surface area contributed by atoms with Crippen LogP contribution in [0.5, 0.6) is 0 Å². The van der Waals surface area contributed by atoms with Crippen molar-refractivity contribution in [2.45, 2.75) is 51.8 Å². The van der Waals surface area contributed by atoms with Crippen LogP contribution in [0.1, 0.15) is 34.1 Å². The van der Waals surface area contributed by atoms with E-state index in [0.717, 1.165) is 13.0 Å². The SMILES string of the molecule is COC[C@@H](C)N[C@@H](C)CC(C)(C)OC. The largest absolute Gasteiger partial charge is 0.383 e. The summed E-state index contributed by atoms with van der Waals surface area (Å²) in [5, 5.41) is 3.47. The summed E-state index contributed by atoms with van der Waals surface area (Å²) in [6, 6.07) is 0.831. The van der Waals surface area contributed by atoms with E-state index in [0.29, 0.717) is 12.1 Å². The molecule has 0 aromatic rings. The highest BCUT2D eigenvalue weighted by atomic mass is 16.5. The lowest BCUT2D eigenvalue weighted by Crippen LogP contribution is -2.41. The number of rotatable bonds is 7. The van der Waals surface area contributed by atoms with Crippen LogP contribution in [0.3, 0.4) is 0 Å². The smallest absolute Gasteiger partial charge is 0.0637 e. The molecule has 0 saturated heterocycles. The Morgan fingerprint density at radius 1 is 1.14 bits per heavy atom. The van der Waals surface area contributed by atoms with Gasteiger partial charge >= 0.3 is 0 Å². The van der Waals surface area contributed by atoms with Crippen LogP contribution in [0.25, 0.3) is 0 Å². The molecule has 0 aromatic carbocycles. The molecule has 0 aliphatic carbocycles. The fourth-order valence-corrected chi connectivity index (χ4v) is 1.66. The Hall–Kier alpha value is -0.120. The molecule has 0 heterocycles. The molecule has 3 nitrogen and oxygen atoms in total. The van der Waals surface area contributed by atoms with Gasteiger partial charge in [-0.25, -0.2) is 0 Å². The van der Waals surface area contributed by atoms with Crippen molar-refractivity contribution < 1.29 is 9.47 Å². The standard InChI is InChI=1S/C11H25NO2/c1-9(7-11(3,4)14-6)12-10(2)8-13-5/h9-10,12H,7-8H2,1-6H3/t9-,10+/m0/s1. The van der Waals surface area contributed by atoms with Gasteiger partial charge in [0.15, 0.2) is 0 Å². The number of methoxy groups -OCH3 is 2. The summed E-state index contributed by atoms with van der Waals surface area (Å²) >= 11 is 0. The van der Waals surface area contributed by atoms with E-state index in [1.807, 2.05) is 0 Å². The monoisotopic (exact) mass is 203 g/mol. The molecule has 1 N–H and O–H groups in total. The first-order valence-corrected chi connectivity index (χ1v) is 5.21. The molecule has 86 valence electrons. The van der Waals surface area contributed by atoms with Crippen LogP contribution in [0.4, 0.5) is 0 Å². The molecule has 0 amide bonds. The maximum atomic E-state index is 5.38. The van der Waals surface area contributed by atoms with E-state index >= 15 is 0 Å². The molecule has 0 aromatic heterocycles. The molecule has 0 spiro atoms. The Balaban J connectivity index is 3.79. The third-order valence-corrected chi connectivity index (χ3v) is 2.34. The van der Waals surface area contributed by atoms with Crippen LogP contribution in [0, 0.1) is 0 Å². The summed E-state index contributed by atoms with van der Waals surface area (Å²) < 4.78 is 10.4. The molecule has 14 heavy (non-hydrogen) atoms. The van der Waals surface area contributed by atoms with Crippen LogP contribution in [0.2, 0.25) is 0 Å². The van der Waals surface area contributed by atoms with E-state index in [1.54, 1.807) is 14.2 Å². The lowest BCUT2D eigenvalue weighted by atomic mass is 9.99. The third kappa shape index (κ3) is 6.35. The molecular formula is C11H25NO2. The van der Waals surface area contributed by atoms with Crippen LogP contribution in [-0.2, 0) is 9.47 Å². The first kappa shape index (κ1) is 13.9. The molecule has 2 atom stereocenters. The number of ether oxygens (including phenoxy) is 2. The Morgan fingerprint density at radius 3 is 2.14 bits per heavy atom. The highest BCUT2D eigenvalue weighted by molar-refractivity contribution is 4.77. The highest BCUT2D eigenvalue weighted by Crippen LogP contribution is 2.15. The number of hydrogen-bond donors (Lipinski definition) is 1. The van der Waals surface area contributed by atoms with Crippen molar-refractivity contribution in [3.05, 3.63) is 0 Å². The summed E-state index contributed by atoms with van der Waals surface area (Å²) in [6.07, 6.45) is 0.998. The fourth-order valence-electron chi connectivity index (χ4n) is 1.66. The van der Waals surface area contributed by atoms with Gasteiger partial charge in [0.2, 0.25) is 0 Å². The number of nitrogens with one attached hydrogen (secondary N) is 1. The summed E-state index contributed by atoms with van der Waals surface area (Å²) in [5.41, 5.74) is -0.0563. The lowest BCUT2D eigenvalue weighted by Gasteiger charge is -2.28. The van der Waals surface area contributed by atoms with Gasteiger partial charge in [-0.05, 0) is 34.1 Å². The van der Waals surface area contributed by atoms with E-state index in [4.69, 9.17) is 9.47 Å². The minimum Gasteiger partial charge on any atom is -0.383 e. The summed E-state index contributed by atoms with van der Waals surface area (Å²) in [6.45, 7) is 9.25. The molecule has 3 heteroatoms. The average molecular weight is 203 g/mol. The van der Waals surface area contributed by atoms with Gasteiger partial charge in [-0.2, -0.15) is 0 Å². The van der Waals surface area contributed by atoms with Gasteiger partial charge in [-0.1, -0.05) is 0 Å². The van der Waals surface area contributed by atoms with Crippen molar-refractivity contribution >= 4 is 0 Å². The first-order chi connectivity index (χ1) is 6.41. The van der Waals surface area contributed by atoms with E-state index in [2.05, 4.69) is 33.0 Å². The molecule has 0 unspecified atom stereocenters. The topological polar surface area (TPSA) is 30.5 Å². The summed E-state index contributed by atoms with van der Waals surface area (Å²) in [4.78, 5) is 0. The average Bonchev–Trinajstić information content (AvgIpc) is 2.03. The highest BCUT2D eigenvalue weighted by Gasteiger charge is 2.20. The van der Waals surface area contributed by atoms with Crippen LogP contribution in [-0.4, -0.2) is 38.5 Å². The van der Waals surface area contributed by atoms with Crippen LogP contribution >= 0.6 is 0 Å². The van der Waals surface area contributed by atoms with E-state index < -0.39 is 0 Å². The van der Waals surface area contributed by atoms with Gasteiger partial charge < -0.3 is 14.8 Å². The Morgan fingerprint density at radius 2 is 1.71 bits per heavy atom. The van der Waals surface area contributed by atoms with E-state index in [1.165, 1.54) is 0 Å². The number of hydrogen-bond acceptors (Lipinski definition) is 3. The molecule has 0 fully saturated rings. The van der Waals surface area contributed by atoms with Crippen molar-refractivity contribution in [1.29, 1.82) is 0 Å². The predicted molar refractivity (Wildman–Crippen MR) is 59.6 cm³/mol. The molecular weight excluding hydrogens is 178 g/mol. The van der Waals surface area contributed by atoms with Crippen LogP contribution < -0.4 is 5.32 Å². The Kier molecular flexibility index (Phi) is 6.33. The van der Waals surface area contributed by atoms with Gasteiger partial charge in [0.05, 0.1) is 12.2 Å². The summed E-state index contributed by atoms with van der Waals surface area (Å²) in [5.74, 6) is 0. The lowest BCUT2D eigenvalue weighted by molar-refractivity contribution is 0.00693. The second-order valence-electron chi connectivity index (χ2n) is 4.59. The van der Waals surface area contributed by atoms with Gasteiger partial charge in [-0.3, -0.25) is 0 Å². The zero-order chi connectivity index (χ0) is 11.2. The normalized spacial score (nSPS) is 16.7.